The number of hydrogen-bond donors (Lipinski definition) is 2. The number of nitrogens with two attached hydrogens (primary N) is 1. The van der Waals surface area contributed by atoms with E-state index in [9.17, 15) is 4.79 Å². The molecule has 0 amide bonds. The van der Waals surface area contributed by atoms with Gasteiger partial charge in [0.25, 0.3) is 0 Å². The Hall–Kier alpha value is -0.610. The molecule has 2 atom stereocenters. The largest absolute Gasteiger partial charge is 0.480 e. The van der Waals surface area contributed by atoms with Crippen molar-refractivity contribution in [2.75, 3.05) is 6.61 Å². The van der Waals surface area contributed by atoms with Crippen molar-refractivity contribution < 1.29 is 14.6 Å². The Balaban J connectivity index is 2.05. The van der Waals surface area contributed by atoms with E-state index >= 15 is 0 Å². The smallest absolute Gasteiger partial charge is 0.320 e. The van der Waals surface area contributed by atoms with Gasteiger partial charge in [0, 0.05) is 6.61 Å². The summed E-state index contributed by atoms with van der Waals surface area (Å²) in [6.07, 6.45) is 6.18. The van der Waals surface area contributed by atoms with Gasteiger partial charge in [-0.1, -0.05) is 0 Å². The standard InChI is InChI=1S/C10H19NO3/c11-9(10(12)13)6-3-5-8-4-1-2-7-14-8/h8-9H,1-7,11H2,(H,12,13)/t8-,9?/m0/s1. The third-order valence-corrected chi connectivity index (χ3v) is 2.63. The van der Waals surface area contributed by atoms with E-state index < -0.39 is 12.0 Å². The normalized spacial score (nSPS) is 24.5. The Labute approximate surface area is 84.4 Å². The van der Waals surface area contributed by atoms with Crippen LogP contribution in [0.15, 0.2) is 0 Å². The fourth-order valence-corrected chi connectivity index (χ4v) is 1.72. The van der Waals surface area contributed by atoms with Crippen LogP contribution in [-0.2, 0) is 9.53 Å². The lowest BCUT2D eigenvalue weighted by Gasteiger charge is -2.22. The molecule has 0 saturated carbocycles. The van der Waals surface area contributed by atoms with E-state index in [0.717, 1.165) is 32.3 Å². The average Bonchev–Trinajstić information content (AvgIpc) is 2.19. The summed E-state index contributed by atoms with van der Waals surface area (Å²) in [5.41, 5.74) is 5.39. The number of aliphatic carboxylic acids is 1. The van der Waals surface area contributed by atoms with Crippen LogP contribution in [0, 0.1) is 0 Å². The molecule has 0 aromatic carbocycles. The average molecular weight is 201 g/mol. The van der Waals surface area contributed by atoms with Gasteiger partial charge in [-0.05, 0) is 38.5 Å². The first-order valence-corrected chi connectivity index (χ1v) is 5.30. The maximum absolute atomic E-state index is 10.4. The molecule has 1 aliphatic rings. The highest BCUT2D eigenvalue weighted by Gasteiger charge is 2.15. The summed E-state index contributed by atoms with van der Waals surface area (Å²) in [5, 5.41) is 8.56. The number of rotatable bonds is 5. The molecule has 1 rings (SSSR count). The molecule has 4 nitrogen and oxygen atoms in total. The SMILES string of the molecule is NC(CCC[C@@H]1CCCCO1)C(=O)O. The van der Waals surface area contributed by atoms with Gasteiger partial charge in [0.1, 0.15) is 6.04 Å². The molecule has 0 spiro atoms. The fraction of sp³-hybridized carbons (Fsp3) is 0.900. The Morgan fingerprint density at radius 3 is 2.93 bits per heavy atom. The zero-order valence-corrected chi connectivity index (χ0v) is 8.45. The molecule has 0 radical (unpaired) electrons. The summed E-state index contributed by atoms with van der Waals surface area (Å²) in [6, 6.07) is -0.710. The Morgan fingerprint density at radius 1 is 1.57 bits per heavy atom. The molecule has 4 heteroatoms. The fourth-order valence-electron chi connectivity index (χ4n) is 1.72. The van der Waals surface area contributed by atoms with E-state index in [0.29, 0.717) is 12.5 Å². The minimum atomic E-state index is -0.908. The van der Waals surface area contributed by atoms with Gasteiger partial charge < -0.3 is 15.6 Å². The summed E-state index contributed by atoms with van der Waals surface area (Å²) in [7, 11) is 0. The first-order chi connectivity index (χ1) is 6.70. The Bertz CT molecular complexity index is 178. The molecule has 0 aliphatic carbocycles. The number of carboxylic acid groups (broad SMARTS) is 1. The Morgan fingerprint density at radius 2 is 2.36 bits per heavy atom. The van der Waals surface area contributed by atoms with Gasteiger partial charge in [-0.15, -0.1) is 0 Å². The predicted molar refractivity (Wildman–Crippen MR) is 53.1 cm³/mol. The van der Waals surface area contributed by atoms with Crippen LogP contribution in [0.3, 0.4) is 0 Å². The lowest BCUT2D eigenvalue weighted by atomic mass is 10.0. The van der Waals surface area contributed by atoms with Crippen LogP contribution in [-0.4, -0.2) is 29.8 Å². The third-order valence-electron chi connectivity index (χ3n) is 2.63. The number of carbonyl (C=O) groups is 1. The summed E-state index contributed by atoms with van der Waals surface area (Å²) in [6.45, 7) is 0.857. The van der Waals surface area contributed by atoms with E-state index in [2.05, 4.69) is 0 Å². The van der Waals surface area contributed by atoms with E-state index in [-0.39, 0.29) is 0 Å². The molecular formula is C10H19NO3. The topological polar surface area (TPSA) is 72.5 Å². The van der Waals surface area contributed by atoms with Gasteiger partial charge in [0.2, 0.25) is 0 Å². The highest BCUT2D eigenvalue weighted by atomic mass is 16.5. The Kier molecular flexibility index (Phi) is 4.90. The van der Waals surface area contributed by atoms with Crippen molar-refractivity contribution in [3.05, 3.63) is 0 Å². The van der Waals surface area contributed by atoms with Gasteiger partial charge in [-0.3, -0.25) is 4.79 Å². The second-order valence-electron chi connectivity index (χ2n) is 3.86. The van der Waals surface area contributed by atoms with Crippen LogP contribution in [0.4, 0.5) is 0 Å². The highest BCUT2D eigenvalue weighted by molar-refractivity contribution is 5.72. The number of ether oxygens (including phenoxy) is 1. The molecule has 0 aromatic heterocycles. The van der Waals surface area contributed by atoms with Crippen LogP contribution in [0.2, 0.25) is 0 Å². The van der Waals surface area contributed by atoms with Crippen LogP contribution in [0.1, 0.15) is 38.5 Å². The minimum Gasteiger partial charge on any atom is -0.480 e. The second kappa shape index (κ2) is 5.98. The molecule has 1 heterocycles. The minimum absolute atomic E-state index is 0.338. The van der Waals surface area contributed by atoms with Crippen molar-refractivity contribution in [1.29, 1.82) is 0 Å². The molecule has 3 N–H and O–H groups in total. The first-order valence-electron chi connectivity index (χ1n) is 5.30. The third kappa shape index (κ3) is 4.07. The van der Waals surface area contributed by atoms with Gasteiger partial charge in [0.15, 0.2) is 0 Å². The molecule has 0 bridgehead atoms. The van der Waals surface area contributed by atoms with Crippen LogP contribution in [0.25, 0.3) is 0 Å². The second-order valence-corrected chi connectivity index (χ2v) is 3.86. The molecule has 14 heavy (non-hydrogen) atoms. The molecule has 1 aliphatic heterocycles. The van der Waals surface area contributed by atoms with Crippen LogP contribution < -0.4 is 5.73 Å². The van der Waals surface area contributed by atoms with Crippen molar-refractivity contribution in [2.45, 2.75) is 50.7 Å². The maximum atomic E-state index is 10.4. The highest BCUT2D eigenvalue weighted by Crippen LogP contribution is 2.17. The van der Waals surface area contributed by atoms with Gasteiger partial charge >= 0.3 is 5.97 Å². The lowest BCUT2D eigenvalue weighted by Crippen LogP contribution is -2.30. The quantitative estimate of drug-likeness (QED) is 0.699. The lowest BCUT2D eigenvalue weighted by molar-refractivity contribution is -0.138. The van der Waals surface area contributed by atoms with Crippen molar-refractivity contribution in [3.8, 4) is 0 Å². The summed E-state index contributed by atoms with van der Waals surface area (Å²) >= 11 is 0. The monoisotopic (exact) mass is 201 g/mol. The number of hydrogen-bond acceptors (Lipinski definition) is 3. The summed E-state index contributed by atoms with van der Waals surface area (Å²) in [5.74, 6) is -0.908. The molecule has 1 fully saturated rings. The van der Waals surface area contributed by atoms with E-state index in [1.807, 2.05) is 0 Å². The first kappa shape index (κ1) is 11.5. The van der Waals surface area contributed by atoms with Crippen LogP contribution in [0.5, 0.6) is 0 Å². The van der Waals surface area contributed by atoms with Gasteiger partial charge in [-0.2, -0.15) is 0 Å². The van der Waals surface area contributed by atoms with Crippen molar-refractivity contribution >= 4 is 5.97 Å². The molecule has 0 aromatic rings. The maximum Gasteiger partial charge on any atom is 0.320 e. The molecular weight excluding hydrogens is 182 g/mol. The summed E-state index contributed by atoms with van der Waals surface area (Å²) in [4.78, 5) is 10.4. The zero-order chi connectivity index (χ0) is 10.4. The zero-order valence-electron chi connectivity index (χ0n) is 8.45. The van der Waals surface area contributed by atoms with Crippen molar-refractivity contribution in [1.82, 2.24) is 0 Å². The van der Waals surface area contributed by atoms with Gasteiger partial charge in [-0.25, -0.2) is 0 Å². The van der Waals surface area contributed by atoms with E-state index in [4.69, 9.17) is 15.6 Å². The molecule has 1 saturated heterocycles. The van der Waals surface area contributed by atoms with E-state index in [1.165, 1.54) is 6.42 Å². The van der Waals surface area contributed by atoms with E-state index in [1.54, 1.807) is 0 Å². The number of carboxylic acids is 1. The van der Waals surface area contributed by atoms with Crippen molar-refractivity contribution in [3.63, 3.8) is 0 Å². The van der Waals surface area contributed by atoms with Crippen LogP contribution >= 0.6 is 0 Å². The summed E-state index contributed by atoms with van der Waals surface area (Å²) < 4.78 is 5.53. The van der Waals surface area contributed by atoms with Crippen molar-refractivity contribution in [2.24, 2.45) is 5.73 Å². The van der Waals surface area contributed by atoms with Gasteiger partial charge in [0.05, 0.1) is 6.10 Å². The predicted octanol–water partition coefficient (Wildman–Crippen LogP) is 1.14. The molecule has 1 unspecified atom stereocenters. The molecule has 82 valence electrons.